The molecule has 7 nitrogen and oxygen atoms in total. The van der Waals surface area contributed by atoms with E-state index in [4.69, 9.17) is 0 Å². The van der Waals surface area contributed by atoms with Crippen LogP contribution in [0, 0.1) is 0 Å². The van der Waals surface area contributed by atoms with Crippen molar-refractivity contribution in [3.8, 4) is 0 Å². The predicted molar refractivity (Wildman–Crippen MR) is 75.8 cm³/mol. The van der Waals surface area contributed by atoms with Gasteiger partial charge in [0, 0.05) is 11.9 Å². The standard InChI is InChI=1S/C13H17NO6S/c1-19-12(15)8-14(9-13(16)20-2)10-4-6-11(7-5-10)21(3,17)18/h4-7H,8-9H2,1-3H3. The minimum atomic E-state index is -3.30. The molecule has 0 heterocycles. The SMILES string of the molecule is COC(=O)CN(CC(=O)OC)c1ccc(S(C)(=O)=O)cc1. The Morgan fingerprint density at radius 3 is 1.76 bits per heavy atom. The number of ether oxygens (including phenoxy) is 2. The van der Waals surface area contributed by atoms with Crippen molar-refractivity contribution in [1.29, 1.82) is 0 Å². The van der Waals surface area contributed by atoms with Gasteiger partial charge in [0.1, 0.15) is 13.1 Å². The Bertz CT molecular complexity index is 590. The lowest BCUT2D eigenvalue weighted by atomic mass is 10.3. The molecule has 116 valence electrons. The van der Waals surface area contributed by atoms with Crippen LogP contribution in [0.3, 0.4) is 0 Å². The molecule has 0 bridgehead atoms. The highest BCUT2D eigenvalue weighted by Gasteiger charge is 2.17. The van der Waals surface area contributed by atoms with E-state index in [1.807, 2.05) is 0 Å². The molecule has 8 heteroatoms. The van der Waals surface area contributed by atoms with Gasteiger partial charge in [0.05, 0.1) is 19.1 Å². The molecule has 0 spiro atoms. The fourth-order valence-electron chi connectivity index (χ4n) is 1.58. The Balaban J connectivity index is 3.02. The van der Waals surface area contributed by atoms with Gasteiger partial charge in [-0.25, -0.2) is 8.42 Å². The molecule has 0 amide bonds. The monoisotopic (exact) mass is 315 g/mol. The van der Waals surface area contributed by atoms with Gasteiger partial charge in [0.15, 0.2) is 9.84 Å². The average molecular weight is 315 g/mol. The summed E-state index contributed by atoms with van der Waals surface area (Å²) in [5, 5.41) is 0. The van der Waals surface area contributed by atoms with Crippen molar-refractivity contribution in [3.63, 3.8) is 0 Å². The predicted octanol–water partition coefficient (Wildman–Crippen LogP) is 0.243. The van der Waals surface area contributed by atoms with Crippen molar-refractivity contribution in [3.05, 3.63) is 24.3 Å². The molecule has 0 aliphatic carbocycles. The van der Waals surface area contributed by atoms with E-state index in [9.17, 15) is 18.0 Å². The second kappa shape index (κ2) is 7.07. The van der Waals surface area contributed by atoms with Gasteiger partial charge >= 0.3 is 11.9 Å². The molecule has 0 aromatic heterocycles. The van der Waals surface area contributed by atoms with Gasteiger partial charge in [0.2, 0.25) is 0 Å². The number of nitrogens with zero attached hydrogens (tertiary/aromatic N) is 1. The van der Waals surface area contributed by atoms with E-state index in [-0.39, 0.29) is 18.0 Å². The number of sulfone groups is 1. The number of carbonyl (C=O) groups excluding carboxylic acids is 2. The van der Waals surface area contributed by atoms with E-state index in [1.54, 1.807) is 0 Å². The molecule has 21 heavy (non-hydrogen) atoms. The Kier molecular flexibility index (Phi) is 5.71. The lowest BCUT2D eigenvalue weighted by Crippen LogP contribution is -2.35. The molecule has 0 N–H and O–H groups in total. The normalized spacial score (nSPS) is 10.8. The van der Waals surface area contributed by atoms with Crippen molar-refractivity contribution in [2.75, 3.05) is 38.5 Å². The number of hydrogen-bond acceptors (Lipinski definition) is 7. The third kappa shape index (κ3) is 5.07. The summed E-state index contributed by atoms with van der Waals surface area (Å²) in [4.78, 5) is 24.3. The Morgan fingerprint density at radius 2 is 1.43 bits per heavy atom. The fourth-order valence-corrected chi connectivity index (χ4v) is 2.21. The first kappa shape index (κ1) is 17.0. The van der Waals surface area contributed by atoms with Crippen LogP contribution in [0.4, 0.5) is 5.69 Å². The van der Waals surface area contributed by atoms with E-state index < -0.39 is 21.8 Å². The second-order valence-corrected chi connectivity index (χ2v) is 6.29. The molecule has 0 aliphatic rings. The van der Waals surface area contributed by atoms with Gasteiger partial charge in [0.25, 0.3) is 0 Å². The van der Waals surface area contributed by atoms with Crippen LogP contribution in [0.1, 0.15) is 0 Å². The number of benzene rings is 1. The summed E-state index contributed by atoms with van der Waals surface area (Å²) in [6, 6.07) is 5.85. The van der Waals surface area contributed by atoms with Crippen LogP contribution in [0.15, 0.2) is 29.2 Å². The summed E-state index contributed by atoms with van der Waals surface area (Å²) in [7, 11) is -0.820. The Labute approximate surface area is 123 Å². The lowest BCUT2D eigenvalue weighted by molar-refractivity contribution is -0.140. The molecule has 1 rings (SSSR count). The summed E-state index contributed by atoms with van der Waals surface area (Å²) < 4.78 is 31.9. The molecule has 0 aliphatic heterocycles. The zero-order chi connectivity index (χ0) is 16.0. The number of carbonyl (C=O) groups is 2. The Hall–Kier alpha value is -2.09. The molecule has 1 aromatic carbocycles. The topological polar surface area (TPSA) is 90.0 Å². The van der Waals surface area contributed by atoms with Gasteiger partial charge in [-0.2, -0.15) is 0 Å². The maximum absolute atomic E-state index is 11.4. The van der Waals surface area contributed by atoms with Crippen molar-refractivity contribution < 1.29 is 27.5 Å². The van der Waals surface area contributed by atoms with Crippen LogP contribution in [0.2, 0.25) is 0 Å². The number of rotatable bonds is 6. The zero-order valence-electron chi connectivity index (χ0n) is 12.0. The second-order valence-electron chi connectivity index (χ2n) is 4.27. The summed E-state index contributed by atoms with van der Waals surface area (Å²) in [5.74, 6) is -1.04. The maximum Gasteiger partial charge on any atom is 0.325 e. The van der Waals surface area contributed by atoms with Crippen molar-refractivity contribution in [2.24, 2.45) is 0 Å². The quantitative estimate of drug-likeness (QED) is 0.695. The average Bonchev–Trinajstić information content (AvgIpc) is 2.45. The third-order valence-electron chi connectivity index (χ3n) is 2.73. The summed E-state index contributed by atoms with van der Waals surface area (Å²) in [6.07, 6.45) is 1.10. The Morgan fingerprint density at radius 1 is 1.00 bits per heavy atom. The fraction of sp³-hybridized carbons (Fsp3) is 0.385. The van der Waals surface area contributed by atoms with E-state index in [0.717, 1.165) is 6.26 Å². The van der Waals surface area contributed by atoms with E-state index in [0.29, 0.717) is 5.69 Å². The molecule has 0 saturated carbocycles. The number of hydrogen-bond donors (Lipinski definition) is 0. The molecule has 0 atom stereocenters. The summed E-state index contributed by atoms with van der Waals surface area (Å²) in [6.45, 7) is -0.298. The van der Waals surface area contributed by atoms with Crippen LogP contribution in [0.5, 0.6) is 0 Å². The van der Waals surface area contributed by atoms with E-state index in [1.165, 1.54) is 43.4 Å². The van der Waals surface area contributed by atoms with Crippen LogP contribution >= 0.6 is 0 Å². The molecule has 0 radical (unpaired) electrons. The number of esters is 2. The maximum atomic E-state index is 11.4. The molecular formula is C13H17NO6S. The first-order chi connectivity index (χ1) is 9.77. The molecular weight excluding hydrogens is 298 g/mol. The summed E-state index contributed by atoms with van der Waals surface area (Å²) >= 11 is 0. The first-order valence-corrected chi connectivity index (χ1v) is 7.85. The van der Waals surface area contributed by atoms with Crippen molar-refractivity contribution >= 4 is 27.5 Å². The lowest BCUT2D eigenvalue weighted by Gasteiger charge is -2.22. The summed E-state index contributed by atoms with van der Waals surface area (Å²) in [5.41, 5.74) is 0.512. The smallest absolute Gasteiger partial charge is 0.325 e. The third-order valence-corrected chi connectivity index (χ3v) is 3.85. The highest BCUT2D eigenvalue weighted by molar-refractivity contribution is 7.90. The van der Waals surface area contributed by atoms with Crippen LogP contribution < -0.4 is 4.90 Å². The van der Waals surface area contributed by atoms with Gasteiger partial charge in [-0.15, -0.1) is 0 Å². The zero-order valence-corrected chi connectivity index (χ0v) is 12.8. The van der Waals surface area contributed by atoms with Gasteiger partial charge in [-0.05, 0) is 24.3 Å². The first-order valence-electron chi connectivity index (χ1n) is 5.96. The van der Waals surface area contributed by atoms with Crippen LogP contribution in [-0.4, -0.2) is 53.9 Å². The molecule has 0 unspecified atom stereocenters. The molecule has 0 saturated heterocycles. The number of methoxy groups -OCH3 is 2. The highest BCUT2D eigenvalue weighted by Crippen LogP contribution is 2.18. The largest absolute Gasteiger partial charge is 0.468 e. The minimum absolute atomic E-state index is 0.149. The highest BCUT2D eigenvalue weighted by atomic mass is 32.2. The van der Waals surface area contributed by atoms with Gasteiger partial charge in [-0.1, -0.05) is 0 Å². The van der Waals surface area contributed by atoms with Gasteiger partial charge in [-0.3, -0.25) is 9.59 Å². The van der Waals surface area contributed by atoms with Crippen LogP contribution in [-0.2, 0) is 28.9 Å². The van der Waals surface area contributed by atoms with Gasteiger partial charge < -0.3 is 14.4 Å². The molecule has 1 aromatic rings. The van der Waals surface area contributed by atoms with E-state index in [2.05, 4.69) is 9.47 Å². The van der Waals surface area contributed by atoms with Crippen LogP contribution in [0.25, 0.3) is 0 Å². The van der Waals surface area contributed by atoms with E-state index >= 15 is 0 Å². The number of anilines is 1. The minimum Gasteiger partial charge on any atom is -0.468 e. The van der Waals surface area contributed by atoms with Crippen molar-refractivity contribution in [2.45, 2.75) is 4.90 Å². The van der Waals surface area contributed by atoms with Crippen molar-refractivity contribution in [1.82, 2.24) is 0 Å². The molecule has 0 fully saturated rings.